The summed E-state index contributed by atoms with van der Waals surface area (Å²) >= 11 is 10.3. The summed E-state index contributed by atoms with van der Waals surface area (Å²) in [5, 5.41) is 0. The maximum Gasteiger partial charge on any atom is 0.0282 e. The molecule has 0 saturated heterocycles. The van der Waals surface area contributed by atoms with Crippen LogP contribution in [0.2, 0.25) is 0 Å². The Labute approximate surface area is 55.7 Å². The summed E-state index contributed by atoms with van der Waals surface area (Å²) in [5.74, 6) is 1.41. The molecule has 0 aromatic carbocycles. The molecular formula is C5H10ClS. The van der Waals surface area contributed by atoms with Crippen LogP contribution in [0.25, 0.3) is 0 Å². The van der Waals surface area contributed by atoms with Crippen LogP contribution in [-0.2, 0) is 0 Å². The molecule has 0 aliphatic heterocycles. The lowest BCUT2D eigenvalue weighted by molar-refractivity contribution is 0.490. The molecule has 0 bridgehead atoms. The van der Waals surface area contributed by atoms with E-state index < -0.39 is 0 Å². The Morgan fingerprint density at radius 1 is 1.57 bits per heavy atom. The summed E-state index contributed by atoms with van der Waals surface area (Å²) in [7, 11) is 0. The van der Waals surface area contributed by atoms with Gasteiger partial charge in [0, 0.05) is 11.6 Å². The molecule has 0 saturated carbocycles. The van der Waals surface area contributed by atoms with Crippen molar-refractivity contribution in [2.75, 3.05) is 11.6 Å². The van der Waals surface area contributed by atoms with Gasteiger partial charge >= 0.3 is 0 Å². The normalized spacial score (nSPS) is 12.0. The number of alkyl halides is 1. The highest BCUT2D eigenvalue weighted by atomic mass is 35.5. The third kappa shape index (κ3) is 3.24. The van der Waals surface area contributed by atoms with Gasteiger partial charge < -0.3 is 0 Å². The maximum absolute atomic E-state index is 5.53. The molecule has 0 amide bonds. The fourth-order valence-electron chi connectivity index (χ4n) is 0.0386. The molecule has 0 aliphatic carbocycles. The van der Waals surface area contributed by atoms with Crippen molar-refractivity contribution in [3.8, 4) is 0 Å². The van der Waals surface area contributed by atoms with E-state index in [0.717, 1.165) is 5.75 Å². The van der Waals surface area contributed by atoms with E-state index in [2.05, 4.69) is 13.8 Å². The van der Waals surface area contributed by atoms with Crippen molar-refractivity contribution in [2.45, 2.75) is 13.8 Å². The molecule has 0 spiro atoms. The van der Waals surface area contributed by atoms with Crippen molar-refractivity contribution in [3.05, 3.63) is 0 Å². The first-order chi connectivity index (χ1) is 3.12. The van der Waals surface area contributed by atoms with E-state index in [1.165, 1.54) is 0 Å². The molecule has 0 fully saturated rings. The molecule has 7 heavy (non-hydrogen) atoms. The van der Waals surface area contributed by atoms with E-state index >= 15 is 0 Å². The summed E-state index contributed by atoms with van der Waals surface area (Å²) in [6, 6.07) is 0. The van der Waals surface area contributed by atoms with Crippen molar-refractivity contribution in [1.29, 1.82) is 0 Å². The van der Waals surface area contributed by atoms with Gasteiger partial charge in [-0.15, -0.1) is 11.6 Å². The Kier molecular flexibility index (Phi) is 3.09. The summed E-state index contributed by atoms with van der Waals surface area (Å²) in [5.41, 5.74) is 0.164. The van der Waals surface area contributed by atoms with Crippen molar-refractivity contribution < 1.29 is 0 Å². The number of hydrogen-bond acceptors (Lipinski definition) is 0. The van der Waals surface area contributed by atoms with Crippen LogP contribution < -0.4 is 0 Å². The summed E-state index contributed by atoms with van der Waals surface area (Å²) < 4.78 is 0. The van der Waals surface area contributed by atoms with Gasteiger partial charge in [-0.05, 0) is 5.41 Å². The first-order valence-corrected chi connectivity index (χ1v) is 3.37. The second kappa shape index (κ2) is 2.83. The lowest BCUT2D eigenvalue weighted by atomic mass is 10.0. The zero-order chi connectivity index (χ0) is 5.91. The number of rotatable bonds is 2. The molecule has 0 nitrogen and oxygen atoms in total. The van der Waals surface area contributed by atoms with Crippen molar-refractivity contribution >= 4 is 24.2 Å². The summed E-state index contributed by atoms with van der Waals surface area (Å²) in [6.45, 7) is 4.12. The highest BCUT2D eigenvalue weighted by Gasteiger charge is 2.12. The van der Waals surface area contributed by atoms with Gasteiger partial charge in [0.05, 0.1) is 0 Å². The maximum atomic E-state index is 5.53. The average Bonchev–Trinajstić information content (AvgIpc) is 1.68. The van der Waals surface area contributed by atoms with Gasteiger partial charge in [-0.3, -0.25) is 0 Å². The topological polar surface area (TPSA) is 0 Å². The molecule has 1 radical (unpaired) electrons. The van der Waals surface area contributed by atoms with E-state index in [0.29, 0.717) is 5.88 Å². The molecule has 0 rings (SSSR count). The highest BCUT2D eigenvalue weighted by molar-refractivity contribution is 7.80. The molecule has 0 aliphatic rings. The van der Waals surface area contributed by atoms with E-state index in [9.17, 15) is 0 Å². The van der Waals surface area contributed by atoms with Crippen LogP contribution in [0.1, 0.15) is 13.8 Å². The van der Waals surface area contributed by atoms with Crippen LogP contribution in [0, 0.1) is 5.41 Å². The van der Waals surface area contributed by atoms with Crippen LogP contribution in [-0.4, -0.2) is 11.6 Å². The fourth-order valence-corrected chi connectivity index (χ4v) is 0.347. The minimum atomic E-state index is 0.164. The summed E-state index contributed by atoms with van der Waals surface area (Å²) in [4.78, 5) is 0. The molecular weight excluding hydrogens is 128 g/mol. The molecule has 0 aromatic heterocycles. The van der Waals surface area contributed by atoms with Crippen molar-refractivity contribution in [1.82, 2.24) is 0 Å². The monoisotopic (exact) mass is 137 g/mol. The Morgan fingerprint density at radius 3 is 2.00 bits per heavy atom. The predicted octanol–water partition coefficient (Wildman–Crippen LogP) is 2.45. The largest absolute Gasteiger partial charge is 0.126 e. The number of halogens is 1. The third-order valence-electron chi connectivity index (χ3n) is 0.752. The van der Waals surface area contributed by atoms with E-state index in [1.54, 1.807) is 0 Å². The Hall–Kier alpha value is 0.640. The first kappa shape index (κ1) is 7.64. The molecule has 2 heteroatoms. The van der Waals surface area contributed by atoms with Gasteiger partial charge in [0.2, 0.25) is 0 Å². The van der Waals surface area contributed by atoms with Crippen LogP contribution in [0.3, 0.4) is 0 Å². The fraction of sp³-hybridized carbons (Fsp3) is 1.00. The van der Waals surface area contributed by atoms with E-state index in [-0.39, 0.29) is 5.41 Å². The lowest BCUT2D eigenvalue weighted by Crippen LogP contribution is -2.14. The molecule has 0 N–H and O–H groups in total. The van der Waals surface area contributed by atoms with Gasteiger partial charge in [0.25, 0.3) is 0 Å². The van der Waals surface area contributed by atoms with Gasteiger partial charge in [-0.2, -0.15) is 0 Å². The quantitative estimate of drug-likeness (QED) is 0.513. The SMILES string of the molecule is CC(C)(C[S])CCl. The molecule has 0 aromatic rings. The first-order valence-electron chi connectivity index (χ1n) is 2.26. The second-order valence-electron chi connectivity index (χ2n) is 2.44. The second-order valence-corrected chi connectivity index (χ2v) is 3.00. The minimum Gasteiger partial charge on any atom is -0.126 e. The Balaban J connectivity index is 3.36. The zero-order valence-corrected chi connectivity index (χ0v) is 6.27. The molecule has 0 atom stereocenters. The lowest BCUT2D eigenvalue weighted by Gasteiger charge is -2.15. The average molecular weight is 138 g/mol. The van der Waals surface area contributed by atoms with Gasteiger partial charge in [-0.25, -0.2) is 0 Å². The Morgan fingerprint density at radius 2 is 2.00 bits per heavy atom. The minimum absolute atomic E-state index is 0.164. The highest BCUT2D eigenvalue weighted by Crippen LogP contribution is 2.17. The van der Waals surface area contributed by atoms with Gasteiger partial charge in [-0.1, -0.05) is 26.5 Å². The van der Waals surface area contributed by atoms with E-state index in [4.69, 9.17) is 24.2 Å². The van der Waals surface area contributed by atoms with Crippen LogP contribution >= 0.6 is 24.2 Å². The van der Waals surface area contributed by atoms with Crippen molar-refractivity contribution in [2.24, 2.45) is 5.41 Å². The Bertz CT molecular complexity index is 46.0. The predicted molar refractivity (Wildman–Crippen MR) is 37.0 cm³/mol. The third-order valence-corrected chi connectivity index (χ3v) is 2.26. The van der Waals surface area contributed by atoms with Crippen LogP contribution in [0.4, 0.5) is 0 Å². The molecule has 0 heterocycles. The summed E-state index contributed by atoms with van der Waals surface area (Å²) in [6.07, 6.45) is 0. The van der Waals surface area contributed by atoms with Crippen LogP contribution in [0.15, 0.2) is 0 Å². The smallest absolute Gasteiger partial charge is 0.0282 e. The standard InChI is InChI=1S/C5H10ClS/c1-5(2,3-6)4-7/h3-4H2,1-2H3. The van der Waals surface area contributed by atoms with Crippen molar-refractivity contribution in [3.63, 3.8) is 0 Å². The zero-order valence-electron chi connectivity index (χ0n) is 4.70. The van der Waals surface area contributed by atoms with Gasteiger partial charge in [0.15, 0.2) is 0 Å². The van der Waals surface area contributed by atoms with E-state index in [1.807, 2.05) is 0 Å². The molecule has 0 unspecified atom stereocenters. The van der Waals surface area contributed by atoms with Gasteiger partial charge in [0.1, 0.15) is 0 Å². The number of hydrogen-bond donors (Lipinski definition) is 0. The van der Waals surface area contributed by atoms with Crippen LogP contribution in [0.5, 0.6) is 0 Å². The molecule has 43 valence electrons.